The van der Waals surface area contributed by atoms with Crippen molar-refractivity contribution in [2.24, 2.45) is 5.41 Å². The Hall–Kier alpha value is -3.11. The van der Waals surface area contributed by atoms with Crippen molar-refractivity contribution in [1.82, 2.24) is 4.90 Å². The summed E-state index contributed by atoms with van der Waals surface area (Å²) in [5.74, 6) is 0.219. The van der Waals surface area contributed by atoms with Crippen LogP contribution in [-0.4, -0.2) is 37.0 Å². The molecule has 1 amide bonds. The lowest BCUT2D eigenvalue weighted by molar-refractivity contribution is -0.119. The normalized spacial score (nSPS) is 17.9. The van der Waals surface area contributed by atoms with Crippen molar-refractivity contribution < 1.29 is 4.79 Å². The molecule has 3 aromatic rings. The molecule has 182 valence electrons. The topological polar surface area (TPSA) is 26.8 Å². The van der Waals surface area contributed by atoms with E-state index in [9.17, 15) is 4.79 Å². The van der Waals surface area contributed by atoms with Crippen molar-refractivity contribution in [3.8, 4) is 0 Å². The third-order valence-corrected chi connectivity index (χ3v) is 7.43. The predicted molar refractivity (Wildman–Crippen MR) is 145 cm³/mol. The van der Waals surface area contributed by atoms with Crippen LogP contribution in [0.15, 0.2) is 78.9 Å². The van der Waals surface area contributed by atoms with E-state index in [2.05, 4.69) is 91.2 Å². The SMILES string of the molecule is CC(C)(C)C(c1ccccc1)N1CCN(c2ccc3c(c2)CCC(=O)N3Cc2ccccc2)CC1. The summed E-state index contributed by atoms with van der Waals surface area (Å²) in [7, 11) is 0. The van der Waals surface area contributed by atoms with Gasteiger partial charge in [-0.05, 0) is 46.7 Å². The maximum absolute atomic E-state index is 12.8. The average Bonchev–Trinajstić information content (AvgIpc) is 2.86. The Morgan fingerprint density at radius 1 is 0.800 bits per heavy atom. The number of hydrogen-bond acceptors (Lipinski definition) is 3. The van der Waals surface area contributed by atoms with E-state index in [4.69, 9.17) is 0 Å². The molecule has 2 aliphatic rings. The van der Waals surface area contributed by atoms with E-state index in [0.29, 0.717) is 19.0 Å². The minimum Gasteiger partial charge on any atom is -0.369 e. The van der Waals surface area contributed by atoms with Crippen molar-refractivity contribution in [2.45, 2.75) is 46.2 Å². The molecule has 0 aliphatic carbocycles. The summed E-state index contributed by atoms with van der Waals surface area (Å²) in [6.45, 7) is 11.8. The maximum atomic E-state index is 12.8. The van der Waals surface area contributed by atoms with Gasteiger partial charge >= 0.3 is 0 Å². The fourth-order valence-electron chi connectivity index (χ4n) is 5.81. The predicted octanol–water partition coefficient (Wildman–Crippen LogP) is 6.08. The van der Waals surface area contributed by atoms with E-state index < -0.39 is 0 Å². The molecule has 0 aromatic heterocycles. The highest BCUT2D eigenvalue weighted by Gasteiger charge is 2.34. The first-order chi connectivity index (χ1) is 16.9. The summed E-state index contributed by atoms with van der Waals surface area (Å²) in [6, 6.07) is 28.4. The highest BCUT2D eigenvalue weighted by Crippen LogP contribution is 2.39. The number of benzene rings is 3. The fourth-order valence-corrected chi connectivity index (χ4v) is 5.81. The van der Waals surface area contributed by atoms with Crippen LogP contribution in [0.25, 0.3) is 0 Å². The summed E-state index contributed by atoms with van der Waals surface area (Å²) >= 11 is 0. The van der Waals surface area contributed by atoms with Crippen molar-refractivity contribution >= 4 is 17.3 Å². The monoisotopic (exact) mass is 467 g/mol. The Bertz CT molecular complexity index is 1140. The Balaban J connectivity index is 1.30. The molecule has 0 bridgehead atoms. The van der Waals surface area contributed by atoms with E-state index >= 15 is 0 Å². The fraction of sp³-hybridized carbons (Fsp3) is 0.387. The van der Waals surface area contributed by atoms with Crippen molar-refractivity contribution in [1.29, 1.82) is 0 Å². The number of anilines is 2. The van der Waals surface area contributed by atoms with Crippen LogP contribution in [0, 0.1) is 5.41 Å². The van der Waals surface area contributed by atoms with E-state index in [-0.39, 0.29) is 11.3 Å². The molecule has 0 N–H and O–H groups in total. The van der Waals surface area contributed by atoms with Crippen LogP contribution >= 0.6 is 0 Å². The van der Waals surface area contributed by atoms with Gasteiger partial charge in [0, 0.05) is 50.0 Å². The zero-order valence-corrected chi connectivity index (χ0v) is 21.3. The van der Waals surface area contributed by atoms with Crippen LogP contribution < -0.4 is 9.80 Å². The first-order valence-corrected chi connectivity index (χ1v) is 12.9. The van der Waals surface area contributed by atoms with Crippen LogP contribution in [0.3, 0.4) is 0 Å². The maximum Gasteiger partial charge on any atom is 0.227 e. The number of hydrogen-bond donors (Lipinski definition) is 0. The Labute approximate surface area is 210 Å². The third kappa shape index (κ3) is 5.13. The Morgan fingerprint density at radius 2 is 1.46 bits per heavy atom. The van der Waals surface area contributed by atoms with Crippen LogP contribution in [0.5, 0.6) is 0 Å². The van der Waals surface area contributed by atoms with Crippen molar-refractivity contribution in [3.05, 3.63) is 95.6 Å². The molecule has 1 fully saturated rings. The second kappa shape index (κ2) is 9.87. The van der Waals surface area contributed by atoms with Crippen LogP contribution in [0.4, 0.5) is 11.4 Å². The van der Waals surface area contributed by atoms with Gasteiger partial charge in [0.25, 0.3) is 0 Å². The minimum atomic E-state index is 0.171. The molecular weight excluding hydrogens is 430 g/mol. The van der Waals surface area contributed by atoms with Gasteiger partial charge in [-0.3, -0.25) is 9.69 Å². The number of amides is 1. The molecule has 2 aliphatic heterocycles. The molecule has 4 heteroatoms. The zero-order chi connectivity index (χ0) is 24.4. The van der Waals surface area contributed by atoms with E-state index in [1.165, 1.54) is 22.4 Å². The van der Waals surface area contributed by atoms with Gasteiger partial charge in [-0.2, -0.15) is 0 Å². The second-order valence-electron chi connectivity index (χ2n) is 11.0. The Morgan fingerprint density at radius 3 is 2.11 bits per heavy atom. The Kier molecular flexibility index (Phi) is 6.66. The molecule has 1 atom stereocenters. The lowest BCUT2D eigenvalue weighted by atomic mass is 9.81. The summed E-state index contributed by atoms with van der Waals surface area (Å²) in [4.78, 5) is 19.9. The van der Waals surface area contributed by atoms with Crippen LogP contribution in [0.2, 0.25) is 0 Å². The number of nitrogens with zero attached hydrogens (tertiary/aromatic N) is 3. The van der Waals surface area contributed by atoms with Gasteiger partial charge in [0.2, 0.25) is 5.91 Å². The number of aryl methyl sites for hydroxylation is 1. The number of carbonyl (C=O) groups excluding carboxylic acids is 1. The molecule has 0 saturated carbocycles. The summed E-state index contributed by atoms with van der Waals surface area (Å²) in [5, 5.41) is 0. The summed E-state index contributed by atoms with van der Waals surface area (Å²) in [6.07, 6.45) is 1.41. The molecular formula is C31H37N3O. The van der Waals surface area contributed by atoms with Gasteiger partial charge in [-0.15, -0.1) is 0 Å². The lowest BCUT2D eigenvalue weighted by Crippen LogP contribution is -2.50. The smallest absolute Gasteiger partial charge is 0.227 e. The standard InChI is InChI=1S/C31H37N3O/c1-31(2,3)30(25-12-8-5-9-13-25)33-20-18-32(19-21-33)27-15-16-28-26(22-27)14-17-29(35)34(28)23-24-10-6-4-7-11-24/h4-13,15-16,22,30H,14,17-21,23H2,1-3H3. The number of fused-ring (bicyclic) bond motifs is 1. The van der Waals surface area contributed by atoms with E-state index in [1.54, 1.807) is 0 Å². The zero-order valence-electron chi connectivity index (χ0n) is 21.3. The first kappa shape index (κ1) is 23.6. The molecule has 0 radical (unpaired) electrons. The van der Waals surface area contributed by atoms with Crippen LogP contribution in [-0.2, 0) is 17.8 Å². The average molecular weight is 468 g/mol. The quantitative estimate of drug-likeness (QED) is 0.455. The molecule has 0 spiro atoms. The first-order valence-electron chi connectivity index (χ1n) is 12.9. The van der Waals surface area contributed by atoms with Crippen molar-refractivity contribution in [3.63, 3.8) is 0 Å². The van der Waals surface area contributed by atoms with Gasteiger partial charge < -0.3 is 9.80 Å². The van der Waals surface area contributed by atoms with Crippen molar-refractivity contribution in [2.75, 3.05) is 36.0 Å². The summed E-state index contributed by atoms with van der Waals surface area (Å²) < 4.78 is 0. The van der Waals surface area contributed by atoms with Crippen LogP contribution in [0.1, 0.15) is 49.9 Å². The van der Waals surface area contributed by atoms with Gasteiger partial charge in [-0.1, -0.05) is 81.4 Å². The molecule has 3 aromatic carbocycles. The number of piperazine rings is 1. The largest absolute Gasteiger partial charge is 0.369 e. The van der Waals surface area contributed by atoms with E-state index in [1.807, 2.05) is 23.1 Å². The number of rotatable bonds is 5. The van der Waals surface area contributed by atoms with Gasteiger partial charge in [0.05, 0.1) is 6.54 Å². The molecule has 4 nitrogen and oxygen atoms in total. The molecule has 1 saturated heterocycles. The number of carbonyl (C=O) groups is 1. The lowest BCUT2D eigenvalue weighted by Gasteiger charge is -2.45. The van der Waals surface area contributed by atoms with E-state index in [0.717, 1.165) is 38.3 Å². The highest BCUT2D eigenvalue weighted by atomic mass is 16.2. The third-order valence-electron chi connectivity index (χ3n) is 7.43. The highest BCUT2D eigenvalue weighted by molar-refractivity contribution is 5.96. The molecule has 1 unspecified atom stereocenters. The molecule has 5 rings (SSSR count). The van der Waals surface area contributed by atoms with Gasteiger partial charge in [0.1, 0.15) is 0 Å². The van der Waals surface area contributed by atoms with Gasteiger partial charge in [-0.25, -0.2) is 0 Å². The molecule has 2 heterocycles. The molecule has 35 heavy (non-hydrogen) atoms. The van der Waals surface area contributed by atoms with Gasteiger partial charge in [0.15, 0.2) is 0 Å². The second-order valence-corrected chi connectivity index (χ2v) is 11.0. The summed E-state index contributed by atoms with van der Waals surface area (Å²) in [5.41, 5.74) is 6.39. The minimum absolute atomic E-state index is 0.171.